The number of aromatic nitrogens is 3. The van der Waals surface area contributed by atoms with Gasteiger partial charge in [-0.25, -0.2) is 18.4 Å². The van der Waals surface area contributed by atoms with Crippen molar-refractivity contribution in [1.82, 2.24) is 19.3 Å². The first-order valence-electron chi connectivity index (χ1n) is 11.7. The van der Waals surface area contributed by atoms with Crippen molar-refractivity contribution in [1.29, 1.82) is 0 Å². The number of morpholine rings is 1. The SMILES string of the molecule is C=CS(=O)(=O)N1CCC(O)(C(=O)Nc2ccc(-c3cc4c(N5CCOCC5)ncnc4[nH]3)cc2)CC1. The Bertz CT molecular complexity index is 1370. The van der Waals surface area contributed by atoms with Crippen LogP contribution in [0.5, 0.6) is 0 Å². The molecule has 2 aliphatic rings. The molecule has 12 heteroatoms. The normalized spacial score (nSPS) is 18.8. The molecule has 3 aromatic rings. The molecule has 190 valence electrons. The Kier molecular flexibility index (Phi) is 6.51. The van der Waals surface area contributed by atoms with Gasteiger partial charge in [0.25, 0.3) is 5.91 Å². The van der Waals surface area contributed by atoms with Gasteiger partial charge in [-0.2, -0.15) is 4.31 Å². The molecule has 2 aliphatic heterocycles. The summed E-state index contributed by atoms with van der Waals surface area (Å²) in [5, 5.41) is 15.4. The number of nitrogens with zero attached hydrogens (tertiary/aromatic N) is 4. The highest BCUT2D eigenvalue weighted by Gasteiger charge is 2.41. The van der Waals surface area contributed by atoms with Crippen molar-refractivity contribution < 1.29 is 23.1 Å². The quantitative estimate of drug-likeness (QED) is 0.453. The molecule has 2 aromatic heterocycles. The number of sulfonamides is 1. The minimum absolute atomic E-state index is 0.00552. The molecule has 36 heavy (non-hydrogen) atoms. The Labute approximate surface area is 208 Å². The first-order chi connectivity index (χ1) is 17.3. The number of aliphatic hydroxyl groups is 1. The summed E-state index contributed by atoms with van der Waals surface area (Å²) in [5.41, 5.74) is 1.40. The lowest BCUT2D eigenvalue weighted by atomic mass is 9.91. The zero-order chi connectivity index (χ0) is 25.3. The summed E-state index contributed by atoms with van der Waals surface area (Å²) in [6.07, 6.45) is 1.56. The Morgan fingerprint density at radius 2 is 1.83 bits per heavy atom. The van der Waals surface area contributed by atoms with Crippen LogP contribution in [0.1, 0.15) is 12.8 Å². The van der Waals surface area contributed by atoms with Crippen LogP contribution in [0.25, 0.3) is 22.3 Å². The molecule has 0 spiro atoms. The molecule has 0 aliphatic carbocycles. The lowest BCUT2D eigenvalue weighted by Crippen LogP contribution is -2.52. The highest BCUT2D eigenvalue weighted by Crippen LogP contribution is 2.30. The summed E-state index contributed by atoms with van der Waals surface area (Å²) in [6.45, 7) is 6.29. The second-order valence-corrected chi connectivity index (χ2v) is 10.8. The number of piperidine rings is 1. The fourth-order valence-corrected chi connectivity index (χ4v) is 5.44. The van der Waals surface area contributed by atoms with E-state index in [4.69, 9.17) is 4.74 Å². The molecular weight excluding hydrogens is 484 g/mol. The fraction of sp³-hybridized carbons (Fsp3) is 0.375. The van der Waals surface area contributed by atoms with Gasteiger partial charge in [0, 0.05) is 43.0 Å². The van der Waals surface area contributed by atoms with E-state index < -0.39 is 21.5 Å². The summed E-state index contributed by atoms with van der Waals surface area (Å²) in [4.78, 5) is 27.2. The van der Waals surface area contributed by atoms with Gasteiger partial charge in [0.2, 0.25) is 10.0 Å². The van der Waals surface area contributed by atoms with Crippen LogP contribution >= 0.6 is 0 Å². The van der Waals surface area contributed by atoms with E-state index in [0.717, 1.165) is 46.6 Å². The largest absolute Gasteiger partial charge is 0.380 e. The van der Waals surface area contributed by atoms with Crippen molar-refractivity contribution in [2.45, 2.75) is 18.4 Å². The van der Waals surface area contributed by atoms with Crippen LogP contribution in [0.4, 0.5) is 11.5 Å². The Balaban J connectivity index is 1.28. The lowest BCUT2D eigenvalue weighted by molar-refractivity contribution is -0.137. The molecule has 0 unspecified atom stereocenters. The van der Waals surface area contributed by atoms with Gasteiger partial charge in [0.15, 0.2) is 0 Å². The second-order valence-electron chi connectivity index (χ2n) is 8.92. The first-order valence-corrected chi connectivity index (χ1v) is 13.2. The van der Waals surface area contributed by atoms with Crippen LogP contribution in [-0.4, -0.2) is 83.7 Å². The Hall–Kier alpha value is -3.32. The van der Waals surface area contributed by atoms with Crippen molar-refractivity contribution in [2.75, 3.05) is 49.6 Å². The summed E-state index contributed by atoms with van der Waals surface area (Å²) < 4.78 is 30.5. The van der Waals surface area contributed by atoms with E-state index in [1.54, 1.807) is 18.5 Å². The molecule has 2 saturated heterocycles. The van der Waals surface area contributed by atoms with Crippen LogP contribution in [0.3, 0.4) is 0 Å². The Morgan fingerprint density at radius 3 is 2.50 bits per heavy atom. The number of ether oxygens (including phenoxy) is 1. The minimum atomic E-state index is -3.57. The fourth-order valence-electron chi connectivity index (χ4n) is 4.53. The van der Waals surface area contributed by atoms with Gasteiger partial charge in [-0.15, -0.1) is 0 Å². The van der Waals surface area contributed by atoms with E-state index in [0.29, 0.717) is 18.9 Å². The number of carbonyl (C=O) groups excluding carboxylic acids is 1. The zero-order valence-corrected chi connectivity index (χ0v) is 20.5. The number of benzene rings is 1. The topological polar surface area (TPSA) is 141 Å². The summed E-state index contributed by atoms with van der Waals surface area (Å²) >= 11 is 0. The standard InChI is InChI=1S/C24H28N6O5S/c1-2-36(33,34)30-9-7-24(32,8-10-30)23(31)27-18-5-3-17(4-6-18)20-15-19-21(28-20)25-16-26-22(19)29-11-13-35-14-12-29/h2-6,15-16,32H,1,7-14H2,(H,27,31)(H,25,26,28). The lowest BCUT2D eigenvalue weighted by Gasteiger charge is -2.35. The molecule has 3 N–H and O–H groups in total. The number of H-pyrrole nitrogens is 1. The van der Waals surface area contributed by atoms with E-state index in [-0.39, 0.29) is 25.9 Å². The number of aromatic amines is 1. The monoisotopic (exact) mass is 512 g/mol. The average molecular weight is 513 g/mol. The number of anilines is 2. The smallest absolute Gasteiger partial charge is 0.256 e. The van der Waals surface area contributed by atoms with Crippen LogP contribution in [0, 0.1) is 0 Å². The third kappa shape index (κ3) is 4.72. The molecule has 0 atom stereocenters. The summed E-state index contributed by atoms with van der Waals surface area (Å²) in [6, 6.07) is 9.26. The van der Waals surface area contributed by atoms with Gasteiger partial charge in [-0.3, -0.25) is 4.79 Å². The number of rotatable bonds is 6. The molecule has 1 aromatic carbocycles. The third-order valence-electron chi connectivity index (χ3n) is 6.71. The van der Waals surface area contributed by atoms with Crippen molar-refractivity contribution in [3.63, 3.8) is 0 Å². The van der Waals surface area contributed by atoms with Crippen molar-refractivity contribution in [3.05, 3.63) is 48.6 Å². The molecule has 11 nitrogen and oxygen atoms in total. The zero-order valence-electron chi connectivity index (χ0n) is 19.7. The number of amides is 1. The molecule has 0 bridgehead atoms. The molecule has 4 heterocycles. The van der Waals surface area contributed by atoms with Crippen LogP contribution in [-0.2, 0) is 19.6 Å². The van der Waals surface area contributed by atoms with E-state index in [1.165, 1.54) is 4.31 Å². The molecule has 0 radical (unpaired) electrons. The van der Waals surface area contributed by atoms with Crippen molar-refractivity contribution in [2.24, 2.45) is 0 Å². The van der Waals surface area contributed by atoms with Gasteiger partial charge < -0.3 is 25.0 Å². The van der Waals surface area contributed by atoms with Gasteiger partial charge in [-0.1, -0.05) is 18.7 Å². The average Bonchev–Trinajstić information content (AvgIpc) is 3.34. The highest BCUT2D eigenvalue weighted by molar-refractivity contribution is 7.92. The number of hydrogen-bond donors (Lipinski definition) is 3. The van der Waals surface area contributed by atoms with Gasteiger partial charge in [0.05, 0.1) is 18.6 Å². The van der Waals surface area contributed by atoms with Gasteiger partial charge >= 0.3 is 0 Å². The number of hydrogen-bond acceptors (Lipinski definition) is 8. The first kappa shape index (κ1) is 24.4. The highest BCUT2D eigenvalue weighted by atomic mass is 32.2. The second kappa shape index (κ2) is 9.62. The number of carbonyl (C=O) groups is 1. The van der Waals surface area contributed by atoms with E-state index in [2.05, 4.69) is 31.7 Å². The van der Waals surface area contributed by atoms with Gasteiger partial charge in [0.1, 0.15) is 23.4 Å². The van der Waals surface area contributed by atoms with Crippen LogP contribution < -0.4 is 10.2 Å². The van der Waals surface area contributed by atoms with Gasteiger partial charge in [-0.05, 0) is 36.6 Å². The summed E-state index contributed by atoms with van der Waals surface area (Å²) in [7, 11) is -3.57. The molecule has 1 amide bonds. The molecule has 2 fully saturated rings. The maximum Gasteiger partial charge on any atom is 0.256 e. The molecule has 5 rings (SSSR count). The number of nitrogens with one attached hydrogen (secondary N) is 2. The molecule has 0 saturated carbocycles. The molecular formula is C24H28N6O5S. The maximum atomic E-state index is 12.8. The van der Waals surface area contributed by atoms with Crippen molar-refractivity contribution in [3.8, 4) is 11.3 Å². The number of fused-ring (bicyclic) bond motifs is 1. The summed E-state index contributed by atoms with van der Waals surface area (Å²) in [5.74, 6) is 0.316. The predicted octanol–water partition coefficient (Wildman–Crippen LogP) is 1.70. The minimum Gasteiger partial charge on any atom is -0.380 e. The van der Waals surface area contributed by atoms with E-state index in [9.17, 15) is 18.3 Å². The van der Waals surface area contributed by atoms with E-state index in [1.807, 2.05) is 18.2 Å². The Morgan fingerprint density at radius 1 is 1.14 bits per heavy atom. The van der Waals surface area contributed by atoms with Crippen LogP contribution in [0.15, 0.2) is 48.6 Å². The predicted molar refractivity (Wildman–Crippen MR) is 136 cm³/mol. The van der Waals surface area contributed by atoms with Crippen molar-refractivity contribution >= 4 is 38.5 Å². The van der Waals surface area contributed by atoms with E-state index >= 15 is 0 Å². The van der Waals surface area contributed by atoms with Crippen LogP contribution in [0.2, 0.25) is 0 Å². The maximum absolute atomic E-state index is 12.8. The third-order valence-corrected chi connectivity index (χ3v) is 8.22.